The topological polar surface area (TPSA) is 37.3 Å². The maximum Gasteiger partial charge on any atom is 0.306 e. The molecule has 0 aromatic carbocycles. The van der Waals surface area contributed by atoms with Gasteiger partial charge in [0.05, 0.1) is 5.92 Å². The number of hydrogen-bond acceptors (Lipinski definition) is 1. The summed E-state index contributed by atoms with van der Waals surface area (Å²) in [6, 6.07) is 0. The maximum atomic E-state index is 10.7. The van der Waals surface area contributed by atoms with Gasteiger partial charge in [-0.25, -0.2) is 0 Å². The van der Waals surface area contributed by atoms with E-state index in [0.29, 0.717) is 0 Å². The van der Waals surface area contributed by atoms with Crippen LogP contribution in [0.5, 0.6) is 0 Å². The van der Waals surface area contributed by atoms with Crippen LogP contribution in [0.1, 0.15) is 104 Å². The molecule has 22 heavy (non-hydrogen) atoms. The number of carbonyl (C=O) groups is 1. The summed E-state index contributed by atoms with van der Waals surface area (Å²) in [7, 11) is 0. The largest absolute Gasteiger partial charge is 0.481 e. The summed E-state index contributed by atoms with van der Waals surface area (Å²) in [6.45, 7) is 4.07. The number of allylic oxidation sites excluding steroid dienone is 2. The standard InChI is InChI=1S/C20H38O2/c1-3-4-5-6-7-8-9-10-11-12-13-14-15-16-17-18-19(2)20(21)22/h10-11,19H,3-9,12-18H2,1-2H3,(H,21,22). The van der Waals surface area contributed by atoms with Crippen LogP contribution in [0.15, 0.2) is 12.2 Å². The summed E-state index contributed by atoms with van der Waals surface area (Å²) >= 11 is 0. The predicted octanol–water partition coefficient (Wildman–Crippen LogP) is 6.74. The molecule has 1 atom stereocenters. The number of carboxylic acid groups (broad SMARTS) is 1. The van der Waals surface area contributed by atoms with Crippen LogP contribution < -0.4 is 0 Å². The van der Waals surface area contributed by atoms with Gasteiger partial charge < -0.3 is 5.11 Å². The second kappa shape index (κ2) is 16.6. The molecule has 0 saturated heterocycles. The summed E-state index contributed by atoms with van der Waals surface area (Å²) in [5, 5.41) is 8.79. The number of hydrogen-bond donors (Lipinski definition) is 1. The molecular formula is C20H38O2. The molecule has 1 N–H and O–H groups in total. The SMILES string of the molecule is CCCCCCCCC=CCCCCCCCC(C)C(=O)O. The van der Waals surface area contributed by atoms with Gasteiger partial charge >= 0.3 is 5.97 Å². The van der Waals surface area contributed by atoms with Gasteiger partial charge in [-0.1, -0.05) is 83.8 Å². The Labute approximate surface area is 138 Å². The molecule has 130 valence electrons. The number of unbranched alkanes of at least 4 members (excludes halogenated alkanes) is 11. The minimum Gasteiger partial charge on any atom is -0.481 e. The van der Waals surface area contributed by atoms with Crippen molar-refractivity contribution in [2.24, 2.45) is 5.92 Å². The molecule has 0 aliphatic carbocycles. The summed E-state index contributed by atoms with van der Waals surface area (Å²) in [4.78, 5) is 10.7. The van der Waals surface area contributed by atoms with E-state index in [1.807, 2.05) is 0 Å². The molecular weight excluding hydrogens is 272 g/mol. The molecule has 0 radical (unpaired) electrons. The minimum atomic E-state index is -0.657. The van der Waals surface area contributed by atoms with Gasteiger partial charge in [0.2, 0.25) is 0 Å². The molecule has 0 saturated carbocycles. The first-order valence-corrected chi connectivity index (χ1v) is 9.56. The average molecular weight is 311 g/mol. The Hall–Kier alpha value is -0.790. The van der Waals surface area contributed by atoms with Crippen molar-refractivity contribution in [3.05, 3.63) is 12.2 Å². The second-order valence-electron chi connectivity index (χ2n) is 6.61. The van der Waals surface area contributed by atoms with Crippen LogP contribution in [0.25, 0.3) is 0 Å². The molecule has 1 unspecified atom stereocenters. The lowest BCUT2D eigenvalue weighted by molar-refractivity contribution is -0.141. The second-order valence-corrected chi connectivity index (χ2v) is 6.61. The molecule has 0 aliphatic heterocycles. The van der Waals surface area contributed by atoms with Crippen molar-refractivity contribution in [3.63, 3.8) is 0 Å². The molecule has 0 bridgehead atoms. The van der Waals surface area contributed by atoms with E-state index in [9.17, 15) is 4.79 Å². The minimum absolute atomic E-state index is 0.176. The molecule has 0 fully saturated rings. The lowest BCUT2D eigenvalue weighted by Crippen LogP contribution is -2.08. The number of carboxylic acids is 1. The molecule has 0 rings (SSSR count). The summed E-state index contributed by atoms with van der Waals surface area (Å²) in [5.74, 6) is -0.833. The van der Waals surface area contributed by atoms with E-state index in [1.165, 1.54) is 77.0 Å². The van der Waals surface area contributed by atoms with Crippen molar-refractivity contribution < 1.29 is 9.90 Å². The quantitative estimate of drug-likeness (QED) is 0.253. The van der Waals surface area contributed by atoms with Crippen LogP contribution in [0.3, 0.4) is 0 Å². The van der Waals surface area contributed by atoms with Gasteiger partial charge in [-0.15, -0.1) is 0 Å². The Kier molecular flexibility index (Phi) is 16.0. The zero-order valence-corrected chi connectivity index (χ0v) is 15.0. The molecule has 0 spiro atoms. The predicted molar refractivity (Wildman–Crippen MR) is 96.3 cm³/mol. The highest BCUT2D eigenvalue weighted by Crippen LogP contribution is 2.12. The highest BCUT2D eigenvalue weighted by atomic mass is 16.4. The molecule has 2 heteroatoms. The van der Waals surface area contributed by atoms with Gasteiger partial charge in [0, 0.05) is 0 Å². The van der Waals surface area contributed by atoms with Crippen molar-refractivity contribution >= 4 is 5.97 Å². The van der Waals surface area contributed by atoms with Gasteiger partial charge in [0.1, 0.15) is 0 Å². The lowest BCUT2D eigenvalue weighted by Gasteiger charge is -2.05. The van der Waals surface area contributed by atoms with E-state index in [0.717, 1.165) is 12.8 Å². The van der Waals surface area contributed by atoms with Crippen LogP contribution in [-0.4, -0.2) is 11.1 Å². The fourth-order valence-corrected chi connectivity index (χ4v) is 2.64. The Morgan fingerprint density at radius 3 is 1.77 bits per heavy atom. The Morgan fingerprint density at radius 1 is 0.818 bits per heavy atom. The third kappa shape index (κ3) is 15.6. The summed E-state index contributed by atoms with van der Waals surface area (Å²) < 4.78 is 0. The monoisotopic (exact) mass is 310 g/mol. The Bertz CT molecular complexity index is 271. The van der Waals surface area contributed by atoms with Gasteiger partial charge in [-0.2, -0.15) is 0 Å². The highest BCUT2D eigenvalue weighted by molar-refractivity contribution is 5.69. The van der Waals surface area contributed by atoms with E-state index in [-0.39, 0.29) is 5.92 Å². The molecule has 2 nitrogen and oxygen atoms in total. The normalized spacial score (nSPS) is 12.8. The van der Waals surface area contributed by atoms with E-state index in [1.54, 1.807) is 6.92 Å². The number of aliphatic carboxylic acids is 1. The van der Waals surface area contributed by atoms with Gasteiger partial charge in [0.25, 0.3) is 0 Å². The fourth-order valence-electron chi connectivity index (χ4n) is 2.64. The molecule has 0 heterocycles. The van der Waals surface area contributed by atoms with Crippen LogP contribution in [-0.2, 0) is 4.79 Å². The first-order valence-electron chi connectivity index (χ1n) is 9.56. The molecule has 0 aromatic rings. The maximum absolute atomic E-state index is 10.7. The third-order valence-electron chi connectivity index (χ3n) is 4.32. The van der Waals surface area contributed by atoms with Crippen LogP contribution >= 0.6 is 0 Å². The van der Waals surface area contributed by atoms with Gasteiger partial charge in [0.15, 0.2) is 0 Å². The lowest BCUT2D eigenvalue weighted by atomic mass is 10.0. The van der Waals surface area contributed by atoms with Crippen LogP contribution in [0.2, 0.25) is 0 Å². The summed E-state index contributed by atoms with van der Waals surface area (Å²) in [6.07, 6.45) is 22.3. The van der Waals surface area contributed by atoms with E-state index >= 15 is 0 Å². The van der Waals surface area contributed by atoms with Crippen LogP contribution in [0.4, 0.5) is 0 Å². The Morgan fingerprint density at radius 2 is 1.27 bits per heavy atom. The van der Waals surface area contributed by atoms with Crippen molar-refractivity contribution in [2.75, 3.05) is 0 Å². The van der Waals surface area contributed by atoms with Crippen molar-refractivity contribution in [1.29, 1.82) is 0 Å². The van der Waals surface area contributed by atoms with Crippen molar-refractivity contribution in [2.45, 2.75) is 104 Å². The molecule has 0 aromatic heterocycles. The highest BCUT2D eigenvalue weighted by Gasteiger charge is 2.09. The Balaban J connectivity index is 3.16. The zero-order valence-electron chi connectivity index (χ0n) is 15.0. The first kappa shape index (κ1) is 21.2. The van der Waals surface area contributed by atoms with Gasteiger partial charge in [-0.3, -0.25) is 4.79 Å². The van der Waals surface area contributed by atoms with E-state index in [2.05, 4.69) is 19.1 Å². The van der Waals surface area contributed by atoms with Crippen molar-refractivity contribution in [3.8, 4) is 0 Å². The third-order valence-corrected chi connectivity index (χ3v) is 4.32. The smallest absolute Gasteiger partial charge is 0.306 e. The number of rotatable bonds is 16. The van der Waals surface area contributed by atoms with Crippen LogP contribution in [0, 0.1) is 5.92 Å². The summed E-state index contributed by atoms with van der Waals surface area (Å²) in [5.41, 5.74) is 0. The fraction of sp³-hybridized carbons (Fsp3) is 0.850. The van der Waals surface area contributed by atoms with Gasteiger partial charge in [-0.05, 0) is 32.1 Å². The first-order chi connectivity index (χ1) is 10.7. The van der Waals surface area contributed by atoms with E-state index in [4.69, 9.17) is 5.11 Å². The molecule has 0 amide bonds. The average Bonchev–Trinajstić information content (AvgIpc) is 2.50. The molecule has 0 aliphatic rings. The van der Waals surface area contributed by atoms with E-state index < -0.39 is 5.97 Å². The zero-order chi connectivity index (χ0) is 16.5. The van der Waals surface area contributed by atoms with Crippen molar-refractivity contribution in [1.82, 2.24) is 0 Å².